The predicted octanol–water partition coefficient (Wildman–Crippen LogP) is 2.65. The Morgan fingerprint density at radius 2 is 2.12 bits per heavy atom. The Balaban J connectivity index is 2.02. The van der Waals surface area contributed by atoms with Crippen molar-refractivity contribution in [3.63, 3.8) is 0 Å². The Hall–Kier alpha value is -1.97. The van der Waals surface area contributed by atoms with Crippen molar-refractivity contribution in [3.8, 4) is 0 Å². The Morgan fingerprint density at radius 1 is 1.40 bits per heavy atom. The van der Waals surface area contributed by atoms with Crippen molar-refractivity contribution in [3.05, 3.63) is 38.8 Å². The number of likely N-dealkylation sites (N-methyl/N-ethyl adjacent to an activating group) is 1. The molecule has 0 aromatic heterocycles. The first-order valence-electron chi connectivity index (χ1n) is 7.87. The van der Waals surface area contributed by atoms with E-state index in [2.05, 4.69) is 4.90 Å². The maximum absolute atomic E-state index is 12.4. The van der Waals surface area contributed by atoms with Gasteiger partial charge >= 0.3 is 0 Å². The topological polar surface area (TPSA) is 75.9 Å². The van der Waals surface area contributed by atoms with Gasteiger partial charge in [-0.1, -0.05) is 24.0 Å². The fourth-order valence-corrected chi connectivity index (χ4v) is 4.15. The lowest BCUT2D eigenvalue weighted by Gasteiger charge is -2.30. The molecule has 2 aliphatic rings. The minimum absolute atomic E-state index is 0.00534. The van der Waals surface area contributed by atoms with E-state index in [1.165, 1.54) is 28.8 Å². The number of nitro groups is 1. The first-order valence-corrected chi connectivity index (χ1v) is 9.10. The molecule has 0 aliphatic carbocycles. The number of anilines is 1. The Bertz CT molecular complexity index is 760. The molecule has 7 nitrogen and oxygen atoms in total. The molecule has 25 heavy (non-hydrogen) atoms. The molecule has 0 saturated carbocycles. The van der Waals surface area contributed by atoms with E-state index in [9.17, 15) is 14.9 Å². The molecule has 0 N–H and O–H groups in total. The van der Waals surface area contributed by atoms with Gasteiger partial charge in [-0.3, -0.25) is 19.8 Å². The van der Waals surface area contributed by atoms with Crippen LogP contribution in [0.5, 0.6) is 0 Å². The number of amides is 1. The molecule has 2 fully saturated rings. The van der Waals surface area contributed by atoms with Crippen molar-refractivity contribution in [2.24, 2.45) is 0 Å². The van der Waals surface area contributed by atoms with Crippen molar-refractivity contribution < 1.29 is 14.5 Å². The number of morpholine rings is 1. The predicted molar refractivity (Wildman–Crippen MR) is 102 cm³/mol. The third kappa shape index (κ3) is 3.68. The number of non-ortho nitro benzene ring substituents is 1. The first-order chi connectivity index (χ1) is 12.0. The molecule has 1 amide bonds. The number of ether oxygens (including phenoxy) is 1. The third-order valence-corrected chi connectivity index (χ3v) is 5.43. The number of rotatable bonds is 4. The summed E-state index contributed by atoms with van der Waals surface area (Å²) in [4.78, 5) is 27.3. The highest BCUT2D eigenvalue weighted by Gasteiger charge is 2.31. The van der Waals surface area contributed by atoms with E-state index < -0.39 is 4.92 Å². The van der Waals surface area contributed by atoms with Gasteiger partial charge in [0.15, 0.2) is 0 Å². The van der Waals surface area contributed by atoms with Gasteiger partial charge in [-0.25, -0.2) is 0 Å². The molecule has 0 unspecified atom stereocenters. The molecule has 0 spiro atoms. The standard InChI is InChI=1S/C16H17N3O4S2/c1-2-18-15(20)14(25-16(18)24)10-11-9-12(19(21)22)3-4-13(11)17-5-7-23-8-6-17/h3-4,9-10H,2,5-8H2,1H3/b14-10+. The van der Waals surface area contributed by atoms with Gasteiger partial charge in [0.2, 0.25) is 0 Å². The molecule has 0 radical (unpaired) electrons. The number of thiocarbonyl (C=S) groups is 1. The van der Waals surface area contributed by atoms with E-state index in [0.29, 0.717) is 47.6 Å². The van der Waals surface area contributed by atoms with Gasteiger partial charge in [0.25, 0.3) is 11.6 Å². The van der Waals surface area contributed by atoms with Gasteiger partial charge in [0.1, 0.15) is 4.32 Å². The van der Waals surface area contributed by atoms with Crippen molar-refractivity contribution in [1.29, 1.82) is 0 Å². The van der Waals surface area contributed by atoms with Gasteiger partial charge < -0.3 is 9.64 Å². The summed E-state index contributed by atoms with van der Waals surface area (Å²) >= 11 is 6.45. The van der Waals surface area contributed by atoms with Crippen molar-refractivity contribution in [1.82, 2.24) is 4.90 Å². The minimum Gasteiger partial charge on any atom is -0.378 e. The summed E-state index contributed by atoms with van der Waals surface area (Å²) in [6.45, 7) is 4.99. The number of thioether (sulfide) groups is 1. The molecular formula is C16H17N3O4S2. The molecule has 0 atom stereocenters. The third-order valence-electron chi connectivity index (χ3n) is 4.05. The highest BCUT2D eigenvalue weighted by Crippen LogP contribution is 2.35. The number of carbonyl (C=O) groups is 1. The summed E-state index contributed by atoms with van der Waals surface area (Å²) in [6.07, 6.45) is 1.70. The van der Waals surface area contributed by atoms with Crippen LogP contribution in [0.2, 0.25) is 0 Å². The number of hydrogen-bond donors (Lipinski definition) is 0. The largest absolute Gasteiger partial charge is 0.378 e. The minimum atomic E-state index is -0.433. The highest BCUT2D eigenvalue weighted by atomic mass is 32.2. The van der Waals surface area contributed by atoms with Crippen molar-refractivity contribution >= 4 is 51.7 Å². The van der Waals surface area contributed by atoms with Crippen molar-refractivity contribution in [2.45, 2.75) is 6.92 Å². The second-order valence-corrected chi connectivity index (χ2v) is 7.20. The van der Waals surface area contributed by atoms with Gasteiger partial charge in [-0.15, -0.1) is 0 Å². The molecule has 132 valence electrons. The average Bonchev–Trinajstić information content (AvgIpc) is 2.88. The number of nitro benzene ring substituents is 1. The van der Waals surface area contributed by atoms with Gasteiger partial charge in [-0.05, 0) is 19.1 Å². The SMILES string of the molecule is CCN1C(=O)/C(=C\c2cc([N+](=O)[O-])ccc2N2CCOCC2)SC1=S. The zero-order valence-electron chi connectivity index (χ0n) is 13.6. The second kappa shape index (κ2) is 7.51. The fraction of sp³-hybridized carbons (Fsp3) is 0.375. The molecule has 2 heterocycles. The summed E-state index contributed by atoms with van der Waals surface area (Å²) in [5.41, 5.74) is 1.50. The van der Waals surface area contributed by atoms with E-state index in [4.69, 9.17) is 17.0 Å². The van der Waals surface area contributed by atoms with Crippen LogP contribution in [0.25, 0.3) is 6.08 Å². The first kappa shape index (κ1) is 17.8. The smallest absolute Gasteiger partial charge is 0.270 e. The number of hydrogen-bond acceptors (Lipinski definition) is 7. The quantitative estimate of drug-likeness (QED) is 0.344. The Morgan fingerprint density at radius 3 is 2.72 bits per heavy atom. The van der Waals surface area contributed by atoms with Crippen LogP contribution in [0.1, 0.15) is 12.5 Å². The zero-order valence-corrected chi connectivity index (χ0v) is 15.3. The van der Waals surface area contributed by atoms with Crippen LogP contribution in [-0.2, 0) is 9.53 Å². The van der Waals surface area contributed by atoms with E-state index in [1.54, 1.807) is 12.1 Å². The van der Waals surface area contributed by atoms with E-state index >= 15 is 0 Å². The summed E-state index contributed by atoms with van der Waals surface area (Å²) in [5, 5.41) is 11.1. The lowest BCUT2D eigenvalue weighted by atomic mass is 10.1. The lowest BCUT2D eigenvalue weighted by molar-refractivity contribution is -0.384. The van der Waals surface area contributed by atoms with Crippen LogP contribution in [0.4, 0.5) is 11.4 Å². The molecule has 1 aromatic carbocycles. The highest BCUT2D eigenvalue weighted by molar-refractivity contribution is 8.26. The van der Waals surface area contributed by atoms with E-state index in [0.717, 1.165) is 5.69 Å². The van der Waals surface area contributed by atoms with Crippen molar-refractivity contribution in [2.75, 3.05) is 37.7 Å². The normalized spacial score (nSPS) is 19.8. The summed E-state index contributed by atoms with van der Waals surface area (Å²) in [6, 6.07) is 4.72. The molecule has 3 rings (SSSR count). The number of nitrogens with zero attached hydrogens (tertiary/aromatic N) is 3. The summed E-state index contributed by atoms with van der Waals surface area (Å²) < 4.78 is 5.88. The van der Waals surface area contributed by atoms with Crippen LogP contribution in [-0.4, -0.2) is 52.9 Å². The molecule has 2 saturated heterocycles. The summed E-state index contributed by atoms with van der Waals surface area (Å²) in [7, 11) is 0. The Kier molecular flexibility index (Phi) is 5.36. The lowest BCUT2D eigenvalue weighted by Crippen LogP contribution is -2.36. The Labute approximate surface area is 154 Å². The van der Waals surface area contributed by atoms with E-state index in [1.807, 2.05) is 6.92 Å². The van der Waals surface area contributed by atoms with Gasteiger partial charge in [0.05, 0.1) is 23.0 Å². The fourth-order valence-electron chi connectivity index (χ4n) is 2.78. The molecule has 1 aromatic rings. The van der Waals surface area contributed by atoms with Crippen LogP contribution < -0.4 is 4.90 Å². The van der Waals surface area contributed by atoms with Crippen LogP contribution in [0.3, 0.4) is 0 Å². The maximum atomic E-state index is 12.4. The van der Waals surface area contributed by atoms with E-state index in [-0.39, 0.29) is 11.6 Å². The van der Waals surface area contributed by atoms with Crippen LogP contribution in [0.15, 0.2) is 23.1 Å². The summed E-state index contributed by atoms with van der Waals surface area (Å²) in [5.74, 6) is -0.156. The van der Waals surface area contributed by atoms with Crippen LogP contribution in [0, 0.1) is 10.1 Å². The zero-order chi connectivity index (χ0) is 18.0. The van der Waals surface area contributed by atoms with Crippen LogP contribution >= 0.6 is 24.0 Å². The number of carbonyl (C=O) groups excluding carboxylic acids is 1. The number of benzene rings is 1. The molecule has 2 aliphatic heterocycles. The van der Waals surface area contributed by atoms with Gasteiger partial charge in [-0.2, -0.15) is 0 Å². The maximum Gasteiger partial charge on any atom is 0.270 e. The molecule has 9 heteroatoms. The monoisotopic (exact) mass is 379 g/mol. The average molecular weight is 379 g/mol. The van der Waals surface area contributed by atoms with Gasteiger partial charge in [0, 0.05) is 43.0 Å². The second-order valence-electron chi connectivity index (χ2n) is 5.53. The molecule has 0 bridgehead atoms. The molecular weight excluding hydrogens is 362 g/mol.